The molecule has 0 unspecified atom stereocenters. The monoisotopic (exact) mass is 460 g/mol. The predicted octanol–water partition coefficient (Wildman–Crippen LogP) is 3.26. The van der Waals surface area contributed by atoms with E-state index in [0.29, 0.717) is 5.75 Å². The first-order valence-corrected chi connectivity index (χ1v) is 11.6. The normalized spacial score (nSPS) is 15.4. The van der Waals surface area contributed by atoms with Gasteiger partial charge < -0.3 is 19.4 Å². The van der Waals surface area contributed by atoms with Gasteiger partial charge in [-0.05, 0) is 42.7 Å². The van der Waals surface area contributed by atoms with Gasteiger partial charge >= 0.3 is 0 Å². The molecule has 1 amide bonds. The number of carbonyl (C=O) groups excluding carboxylic acids is 1. The number of benzene rings is 2. The second kappa shape index (κ2) is 11.6. The quantitative estimate of drug-likeness (QED) is 0.497. The Morgan fingerprint density at radius 1 is 1.21 bits per heavy atom. The number of hydrogen-bond acceptors (Lipinski definition) is 5. The van der Waals surface area contributed by atoms with Crippen LogP contribution in [0.15, 0.2) is 67.1 Å². The summed E-state index contributed by atoms with van der Waals surface area (Å²) < 4.78 is 13.0. The first-order valence-electron chi connectivity index (χ1n) is 11.6. The zero-order chi connectivity index (χ0) is 23.8. The lowest BCUT2D eigenvalue weighted by atomic mass is 10.0. The molecular weight excluding hydrogens is 428 g/mol. The van der Waals surface area contributed by atoms with E-state index in [1.54, 1.807) is 19.5 Å². The van der Waals surface area contributed by atoms with E-state index in [1.165, 1.54) is 5.56 Å². The molecule has 1 N–H and O–H groups in total. The highest BCUT2D eigenvalue weighted by atomic mass is 16.5. The topological polar surface area (TPSA) is 68.6 Å². The van der Waals surface area contributed by atoms with Crippen LogP contribution in [0.3, 0.4) is 0 Å². The maximum Gasteiger partial charge on any atom is 0.244 e. The lowest BCUT2D eigenvalue weighted by Crippen LogP contribution is -2.48. The Balaban J connectivity index is 1.43. The van der Waals surface area contributed by atoms with Crippen LogP contribution in [-0.2, 0) is 16.0 Å². The third-order valence-electron chi connectivity index (χ3n) is 5.87. The number of nitrogens with zero attached hydrogens (tertiary/aromatic N) is 3. The first kappa shape index (κ1) is 23.7. The van der Waals surface area contributed by atoms with Crippen LogP contribution < -0.4 is 10.1 Å². The van der Waals surface area contributed by atoms with Crippen LogP contribution in [0.1, 0.15) is 16.8 Å². The highest BCUT2D eigenvalue weighted by Crippen LogP contribution is 2.25. The van der Waals surface area contributed by atoms with E-state index in [2.05, 4.69) is 27.3 Å². The van der Waals surface area contributed by atoms with Crippen molar-refractivity contribution >= 4 is 12.0 Å². The summed E-state index contributed by atoms with van der Waals surface area (Å²) in [5.74, 6) is 0.608. The van der Waals surface area contributed by atoms with E-state index >= 15 is 0 Å². The number of hydrogen-bond donors (Lipinski definition) is 1. The molecule has 1 saturated heterocycles. The molecule has 3 aromatic rings. The summed E-state index contributed by atoms with van der Waals surface area (Å²) in [6, 6.07) is 16.1. The minimum absolute atomic E-state index is 0.0130. The second-order valence-electron chi connectivity index (χ2n) is 8.50. The number of aryl methyl sites for hydroxylation is 1. The van der Waals surface area contributed by atoms with Gasteiger partial charge in [0.25, 0.3) is 0 Å². The maximum absolute atomic E-state index is 12.8. The summed E-state index contributed by atoms with van der Waals surface area (Å²) in [6.07, 6.45) is 7.90. The molecule has 1 atom stereocenters. The van der Waals surface area contributed by atoms with Crippen molar-refractivity contribution in [1.29, 1.82) is 0 Å². The summed E-state index contributed by atoms with van der Waals surface area (Å²) in [5.41, 5.74) is 3.93. The van der Waals surface area contributed by atoms with E-state index in [0.717, 1.165) is 56.2 Å². The van der Waals surface area contributed by atoms with Gasteiger partial charge in [0.05, 0.1) is 38.0 Å². The van der Waals surface area contributed by atoms with Gasteiger partial charge in [0.2, 0.25) is 5.91 Å². The molecule has 0 spiro atoms. The Kier molecular flexibility index (Phi) is 8.12. The van der Waals surface area contributed by atoms with Crippen molar-refractivity contribution in [2.24, 2.45) is 0 Å². The van der Waals surface area contributed by atoms with Crippen LogP contribution in [0.25, 0.3) is 11.8 Å². The Labute approximate surface area is 201 Å². The van der Waals surface area contributed by atoms with Gasteiger partial charge in [0, 0.05) is 37.9 Å². The molecule has 1 fully saturated rings. The molecule has 4 rings (SSSR count). The largest absolute Gasteiger partial charge is 0.495 e. The van der Waals surface area contributed by atoms with Gasteiger partial charge in [-0.2, -0.15) is 0 Å². The average molecular weight is 461 g/mol. The molecule has 1 aromatic heterocycles. The van der Waals surface area contributed by atoms with E-state index in [-0.39, 0.29) is 11.9 Å². The van der Waals surface area contributed by atoms with Crippen LogP contribution in [0.2, 0.25) is 0 Å². The lowest BCUT2D eigenvalue weighted by molar-refractivity contribution is -0.117. The Morgan fingerprint density at radius 3 is 2.71 bits per heavy atom. The van der Waals surface area contributed by atoms with Gasteiger partial charge in [-0.3, -0.25) is 9.69 Å². The van der Waals surface area contributed by atoms with Crippen molar-refractivity contribution in [3.8, 4) is 11.4 Å². The zero-order valence-corrected chi connectivity index (χ0v) is 19.8. The number of rotatable bonds is 9. The number of nitrogens with one attached hydrogen (secondary N) is 1. The molecular formula is C27H32N4O3. The average Bonchev–Trinajstić information content (AvgIpc) is 3.29. The molecule has 0 bridgehead atoms. The van der Waals surface area contributed by atoms with Gasteiger partial charge in [-0.1, -0.05) is 36.4 Å². The third kappa shape index (κ3) is 6.56. The maximum atomic E-state index is 12.8. The SMILES string of the molecule is COc1cc(/C=C/C(=O)N[C@H](Cc2ccccc2)CN2CCOCC2)ccc1-n1cnc(C)c1. The number of morpholine rings is 1. The number of ether oxygens (including phenoxy) is 2. The molecule has 1 aliphatic heterocycles. The van der Waals surface area contributed by atoms with Crippen molar-refractivity contribution in [3.05, 3.63) is 84.0 Å². The highest BCUT2D eigenvalue weighted by Gasteiger charge is 2.18. The number of amides is 1. The molecule has 0 aliphatic carbocycles. The van der Waals surface area contributed by atoms with Gasteiger partial charge in [0.1, 0.15) is 5.75 Å². The lowest BCUT2D eigenvalue weighted by Gasteiger charge is -2.30. The molecule has 0 saturated carbocycles. The van der Waals surface area contributed by atoms with Crippen LogP contribution in [0, 0.1) is 6.92 Å². The van der Waals surface area contributed by atoms with Crippen LogP contribution in [-0.4, -0.2) is 66.4 Å². The van der Waals surface area contributed by atoms with Crippen molar-refractivity contribution in [3.63, 3.8) is 0 Å². The van der Waals surface area contributed by atoms with Crippen molar-refractivity contribution in [2.75, 3.05) is 40.0 Å². The van der Waals surface area contributed by atoms with E-state index < -0.39 is 0 Å². The van der Waals surface area contributed by atoms with Crippen molar-refractivity contribution in [1.82, 2.24) is 19.8 Å². The third-order valence-corrected chi connectivity index (χ3v) is 5.87. The van der Waals surface area contributed by atoms with Gasteiger partial charge in [0.15, 0.2) is 0 Å². The minimum Gasteiger partial charge on any atom is -0.495 e. The van der Waals surface area contributed by atoms with Gasteiger partial charge in [-0.25, -0.2) is 4.98 Å². The van der Waals surface area contributed by atoms with Crippen LogP contribution in [0.4, 0.5) is 0 Å². The molecule has 2 heterocycles. The fourth-order valence-electron chi connectivity index (χ4n) is 4.14. The summed E-state index contributed by atoms with van der Waals surface area (Å²) >= 11 is 0. The predicted molar refractivity (Wildman–Crippen MR) is 133 cm³/mol. The van der Waals surface area contributed by atoms with Crippen LogP contribution in [0.5, 0.6) is 5.75 Å². The zero-order valence-electron chi connectivity index (χ0n) is 19.8. The minimum atomic E-state index is -0.109. The Morgan fingerprint density at radius 2 is 2.00 bits per heavy atom. The van der Waals surface area contributed by atoms with Crippen LogP contribution >= 0.6 is 0 Å². The Bertz CT molecular complexity index is 1100. The summed E-state index contributed by atoms with van der Waals surface area (Å²) in [5, 5.41) is 3.20. The summed E-state index contributed by atoms with van der Waals surface area (Å²) in [7, 11) is 1.64. The smallest absolute Gasteiger partial charge is 0.244 e. The fourth-order valence-corrected chi connectivity index (χ4v) is 4.14. The summed E-state index contributed by atoms with van der Waals surface area (Å²) in [6.45, 7) is 6.00. The fraction of sp³-hybridized carbons (Fsp3) is 0.333. The number of aromatic nitrogens is 2. The number of carbonyl (C=O) groups is 1. The molecule has 178 valence electrons. The number of imidazole rings is 1. The van der Waals surface area contributed by atoms with Crippen molar-refractivity contribution < 1.29 is 14.3 Å². The van der Waals surface area contributed by atoms with Gasteiger partial charge in [-0.15, -0.1) is 0 Å². The Hall–Kier alpha value is -3.42. The molecule has 1 aliphatic rings. The van der Waals surface area contributed by atoms with E-state index in [4.69, 9.17) is 9.47 Å². The molecule has 7 heteroatoms. The first-order chi connectivity index (χ1) is 16.6. The molecule has 2 aromatic carbocycles. The molecule has 0 radical (unpaired) electrons. The standard InChI is InChI=1S/C27H32N4O3/c1-21-18-31(20-28-21)25-10-8-23(17-26(25)33-2)9-11-27(32)29-24(16-22-6-4-3-5-7-22)19-30-12-14-34-15-13-30/h3-11,17-18,20,24H,12-16,19H2,1-2H3,(H,29,32)/b11-9+/t24-/m1/s1. The van der Waals surface area contributed by atoms with E-state index in [9.17, 15) is 4.79 Å². The van der Waals surface area contributed by atoms with E-state index in [1.807, 2.05) is 60.2 Å². The second-order valence-corrected chi connectivity index (χ2v) is 8.50. The molecule has 7 nitrogen and oxygen atoms in total. The number of methoxy groups -OCH3 is 1. The van der Waals surface area contributed by atoms with Crippen molar-refractivity contribution in [2.45, 2.75) is 19.4 Å². The highest BCUT2D eigenvalue weighted by molar-refractivity contribution is 5.92. The molecule has 34 heavy (non-hydrogen) atoms. The summed E-state index contributed by atoms with van der Waals surface area (Å²) in [4.78, 5) is 19.4.